The van der Waals surface area contributed by atoms with E-state index in [2.05, 4.69) is 15.7 Å². The smallest absolute Gasteiger partial charge is 0.142 e. The number of halogens is 2. The third kappa shape index (κ3) is 2.79. The first kappa shape index (κ1) is 12.0. The van der Waals surface area contributed by atoms with Gasteiger partial charge < -0.3 is 10.7 Å². The second kappa shape index (κ2) is 5.23. The van der Waals surface area contributed by atoms with Gasteiger partial charge in [0.05, 0.1) is 15.7 Å². The molecular weight excluding hydrogens is 259 g/mol. The summed E-state index contributed by atoms with van der Waals surface area (Å²) in [5, 5.41) is 4.02. The summed E-state index contributed by atoms with van der Waals surface area (Å²) in [6, 6.07) is 10.7. The van der Waals surface area contributed by atoms with Crippen molar-refractivity contribution in [2.45, 2.75) is 0 Å². The fourth-order valence-electron chi connectivity index (χ4n) is 1.32. The van der Waals surface area contributed by atoms with Crippen LogP contribution in [-0.4, -0.2) is 4.98 Å². The largest absolute Gasteiger partial charge is 0.339 e. The molecule has 0 spiro atoms. The van der Waals surface area contributed by atoms with Crippen LogP contribution >= 0.6 is 23.2 Å². The lowest BCUT2D eigenvalue weighted by Gasteiger charge is -2.09. The molecule has 2 aromatic rings. The fourth-order valence-corrected chi connectivity index (χ4v) is 1.67. The standard InChI is InChI=1S/C11H10Cl2N4/c12-7-3-1-4-8(11(7)13)15-9-5-2-6-10(16-9)17-14/h1-6H,14H2,(H2,15,16,17). The lowest BCUT2D eigenvalue weighted by molar-refractivity contribution is 1.22. The van der Waals surface area contributed by atoms with Crippen LogP contribution in [0.15, 0.2) is 36.4 Å². The molecule has 88 valence electrons. The molecule has 0 unspecified atom stereocenters. The Morgan fingerprint density at radius 1 is 1.00 bits per heavy atom. The van der Waals surface area contributed by atoms with Crippen LogP contribution in [0.25, 0.3) is 0 Å². The molecule has 1 aromatic carbocycles. The van der Waals surface area contributed by atoms with E-state index in [1.54, 1.807) is 18.2 Å². The molecule has 4 N–H and O–H groups in total. The molecule has 0 atom stereocenters. The molecule has 0 fully saturated rings. The summed E-state index contributed by atoms with van der Waals surface area (Å²) in [5.41, 5.74) is 3.16. The molecule has 0 aliphatic carbocycles. The Hall–Kier alpha value is -1.49. The monoisotopic (exact) mass is 268 g/mol. The van der Waals surface area contributed by atoms with E-state index in [-0.39, 0.29) is 0 Å². The predicted octanol–water partition coefficient (Wildman–Crippen LogP) is 3.42. The van der Waals surface area contributed by atoms with Gasteiger partial charge in [-0.05, 0) is 24.3 Å². The van der Waals surface area contributed by atoms with Gasteiger partial charge in [-0.2, -0.15) is 0 Å². The zero-order valence-corrected chi connectivity index (χ0v) is 10.3. The van der Waals surface area contributed by atoms with Gasteiger partial charge in [0.15, 0.2) is 0 Å². The molecule has 0 aliphatic rings. The fraction of sp³-hybridized carbons (Fsp3) is 0. The van der Waals surface area contributed by atoms with E-state index in [1.807, 2.05) is 18.2 Å². The van der Waals surface area contributed by atoms with Gasteiger partial charge in [-0.1, -0.05) is 35.3 Å². The van der Waals surface area contributed by atoms with Crippen LogP contribution in [0, 0.1) is 0 Å². The topological polar surface area (TPSA) is 63.0 Å². The Balaban J connectivity index is 2.28. The third-order valence-electron chi connectivity index (χ3n) is 2.11. The van der Waals surface area contributed by atoms with Crippen molar-refractivity contribution in [2.24, 2.45) is 5.84 Å². The highest BCUT2D eigenvalue weighted by molar-refractivity contribution is 6.43. The molecule has 0 saturated carbocycles. The van der Waals surface area contributed by atoms with Crippen LogP contribution in [-0.2, 0) is 0 Å². The minimum Gasteiger partial charge on any atom is -0.339 e. The van der Waals surface area contributed by atoms with Gasteiger partial charge in [0.1, 0.15) is 11.6 Å². The predicted molar refractivity (Wildman–Crippen MR) is 71.8 cm³/mol. The molecule has 17 heavy (non-hydrogen) atoms. The number of benzene rings is 1. The number of pyridine rings is 1. The molecule has 0 saturated heterocycles. The van der Waals surface area contributed by atoms with Crippen molar-refractivity contribution in [3.8, 4) is 0 Å². The summed E-state index contributed by atoms with van der Waals surface area (Å²) in [6.07, 6.45) is 0. The van der Waals surface area contributed by atoms with Crippen molar-refractivity contribution in [2.75, 3.05) is 10.7 Å². The maximum atomic E-state index is 6.05. The Morgan fingerprint density at radius 3 is 2.47 bits per heavy atom. The van der Waals surface area contributed by atoms with Gasteiger partial charge in [0.2, 0.25) is 0 Å². The maximum Gasteiger partial charge on any atom is 0.142 e. The summed E-state index contributed by atoms with van der Waals surface area (Å²) in [7, 11) is 0. The van der Waals surface area contributed by atoms with Gasteiger partial charge in [0.25, 0.3) is 0 Å². The zero-order valence-electron chi connectivity index (χ0n) is 8.74. The van der Waals surface area contributed by atoms with Gasteiger partial charge in [-0.15, -0.1) is 0 Å². The Labute approximate surface area is 109 Å². The Morgan fingerprint density at radius 2 is 1.71 bits per heavy atom. The van der Waals surface area contributed by atoms with Crippen LogP contribution in [0.5, 0.6) is 0 Å². The number of nitrogens with one attached hydrogen (secondary N) is 2. The molecular formula is C11H10Cl2N4. The van der Waals surface area contributed by atoms with E-state index in [0.717, 1.165) is 0 Å². The van der Waals surface area contributed by atoms with Gasteiger partial charge in [-0.3, -0.25) is 0 Å². The number of anilines is 3. The number of nitrogen functional groups attached to an aromatic ring is 1. The van der Waals surface area contributed by atoms with Crippen molar-refractivity contribution in [3.05, 3.63) is 46.4 Å². The van der Waals surface area contributed by atoms with Crippen molar-refractivity contribution < 1.29 is 0 Å². The van der Waals surface area contributed by atoms with E-state index in [4.69, 9.17) is 29.0 Å². The normalized spacial score (nSPS) is 10.1. The second-order valence-corrected chi connectivity index (χ2v) is 4.06. The van der Waals surface area contributed by atoms with Crippen LogP contribution in [0.3, 0.4) is 0 Å². The average molecular weight is 269 g/mol. The molecule has 0 aliphatic heterocycles. The number of hydrogen-bond acceptors (Lipinski definition) is 4. The first-order valence-corrected chi connectivity index (χ1v) is 5.61. The highest BCUT2D eigenvalue weighted by Crippen LogP contribution is 2.31. The van der Waals surface area contributed by atoms with Gasteiger partial charge >= 0.3 is 0 Å². The van der Waals surface area contributed by atoms with Crippen LogP contribution in [0.4, 0.5) is 17.3 Å². The van der Waals surface area contributed by atoms with Crippen LogP contribution in [0.2, 0.25) is 10.0 Å². The molecule has 4 nitrogen and oxygen atoms in total. The number of hydrogen-bond donors (Lipinski definition) is 3. The first-order chi connectivity index (χ1) is 8.20. The average Bonchev–Trinajstić information content (AvgIpc) is 2.35. The molecule has 0 amide bonds. The van der Waals surface area contributed by atoms with Gasteiger partial charge in [-0.25, -0.2) is 10.8 Å². The molecule has 6 heteroatoms. The van der Waals surface area contributed by atoms with E-state index in [9.17, 15) is 0 Å². The Bertz CT molecular complexity index is 531. The molecule has 2 rings (SSSR count). The molecule has 0 bridgehead atoms. The SMILES string of the molecule is NNc1cccc(Nc2cccc(Cl)c2Cl)n1. The molecule has 1 heterocycles. The number of nitrogens with zero attached hydrogens (tertiary/aromatic N) is 1. The summed E-state index contributed by atoms with van der Waals surface area (Å²) in [5.74, 6) is 6.47. The summed E-state index contributed by atoms with van der Waals surface area (Å²) >= 11 is 12.0. The number of rotatable bonds is 3. The van der Waals surface area contributed by atoms with E-state index in [0.29, 0.717) is 27.4 Å². The first-order valence-electron chi connectivity index (χ1n) is 4.85. The second-order valence-electron chi connectivity index (χ2n) is 3.28. The van der Waals surface area contributed by atoms with Gasteiger partial charge in [0, 0.05) is 0 Å². The summed E-state index contributed by atoms with van der Waals surface area (Å²) in [6.45, 7) is 0. The minimum atomic E-state index is 0.460. The van der Waals surface area contributed by atoms with Crippen LogP contribution in [0.1, 0.15) is 0 Å². The highest BCUT2D eigenvalue weighted by atomic mass is 35.5. The van der Waals surface area contributed by atoms with Crippen molar-refractivity contribution in [3.63, 3.8) is 0 Å². The Kier molecular flexibility index (Phi) is 3.68. The highest BCUT2D eigenvalue weighted by Gasteiger charge is 2.05. The maximum absolute atomic E-state index is 6.05. The quantitative estimate of drug-likeness (QED) is 0.590. The van der Waals surface area contributed by atoms with E-state index in [1.165, 1.54) is 0 Å². The number of hydrazine groups is 1. The third-order valence-corrected chi connectivity index (χ3v) is 2.93. The number of nitrogens with two attached hydrogens (primary N) is 1. The van der Waals surface area contributed by atoms with E-state index < -0.39 is 0 Å². The number of aromatic nitrogens is 1. The molecule has 1 aromatic heterocycles. The summed E-state index contributed by atoms with van der Waals surface area (Å²) < 4.78 is 0. The zero-order chi connectivity index (χ0) is 12.3. The lowest BCUT2D eigenvalue weighted by atomic mass is 10.3. The van der Waals surface area contributed by atoms with Crippen molar-refractivity contribution in [1.29, 1.82) is 0 Å². The van der Waals surface area contributed by atoms with Crippen molar-refractivity contribution >= 4 is 40.5 Å². The van der Waals surface area contributed by atoms with Crippen molar-refractivity contribution in [1.82, 2.24) is 4.98 Å². The van der Waals surface area contributed by atoms with E-state index >= 15 is 0 Å². The van der Waals surface area contributed by atoms with Crippen LogP contribution < -0.4 is 16.6 Å². The minimum absolute atomic E-state index is 0.460. The lowest BCUT2D eigenvalue weighted by Crippen LogP contribution is -2.08. The molecule has 0 radical (unpaired) electrons. The summed E-state index contributed by atoms with van der Waals surface area (Å²) in [4.78, 5) is 4.21.